The Morgan fingerprint density at radius 3 is 2.75 bits per heavy atom. The summed E-state index contributed by atoms with van der Waals surface area (Å²) in [4.78, 5) is 25.4. The SMILES string of the molecule is CC(=O)N(C)c1cccc(NC(=O)N[C@@]2(C)CCO[C@@H]2C2CC2)c1. The fraction of sp³-hybridized carbons (Fsp3) is 0.556. The second-order valence-electron chi connectivity index (χ2n) is 7.00. The van der Waals surface area contributed by atoms with Crippen LogP contribution in [-0.2, 0) is 9.53 Å². The van der Waals surface area contributed by atoms with Crippen LogP contribution in [0.3, 0.4) is 0 Å². The van der Waals surface area contributed by atoms with Gasteiger partial charge in [-0.05, 0) is 50.3 Å². The van der Waals surface area contributed by atoms with Gasteiger partial charge in [0.1, 0.15) is 0 Å². The van der Waals surface area contributed by atoms with Crippen LogP contribution in [-0.4, -0.2) is 37.2 Å². The molecule has 1 aliphatic heterocycles. The van der Waals surface area contributed by atoms with Crippen molar-refractivity contribution in [3.05, 3.63) is 24.3 Å². The largest absolute Gasteiger partial charge is 0.375 e. The Kier molecular flexibility index (Phi) is 4.49. The molecular weight excluding hydrogens is 306 g/mol. The lowest BCUT2D eigenvalue weighted by Gasteiger charge is -2.31. The average molecular weight is 331 g/mol. The Balaban J connectivity index is 1.64. The molecule has 2 N–H and O–H groups in total. The van der Waals surface area contributed by atoms with Gasteiger partial charge in [0.25, 0.3) is 0 Å². The fourth-order valence-electron chi connectivity index (χ4n) is 3.31. The second kappa shape index (κ2) is 6.43. The Labute approximate surface area is 142 Å². The number of hydrogen-bond donors (Lipinski definition) is 2. The molecule has 1 aromatic rings. The quantitative estimate of drug-likeness (QED) is 0.891. The Morgan fingerprint density at radius 1 is 1.33 bits per heavy atom. The number of carbonyl (C=O) groups is 2. The average Bonchev–Trinajstić information content (AvgIpc) is 3.29. The highest BCUT2D eigenvalue weighted by molar-refractivity contribution is 5.93. The van der Waals surface area contributed by atoms with Crippen LogP contribution in [0.5, 0.6) is 0 Å². The van der Waals surface area contributed by atoms with Gasteiger partial charge >= 0.3 is 6.03 Å². The minimum Gasteiger partial charge on any atom is -0.375 e. The molecule has 1 saturated carbocycles. The van der Waals surface area contributed by atoms with E-state index in [1.165, 1.54) is 19.8 Å². The van der Waals surface area contributed by atoms with Gasteiger partial charge in [0.05, 0.1) is 11.6 Å². The third kappa shape index (κ3) is 3.53. The van der Waals surface area contributed by atoms with Crippen molar-refractivity contribution in [3.63, 3.8) is 0 Å². The highest BCUT2D eigenvalue weighted by atomic mass is 16.5. The molecule has 3 amide bonds. The number of amides is 3. The van der Waals surface area contributed by atoms with Crippen molar-refractivity contribution >= 4 is 23.3 Å². The van der Waals surface area contributed by atoms with Crippen molar-refractivity contribution in [2.75, 3.05) is 23.9 Å². The molecule has 2 aliphatic rings. The first-order valence-electron chi connectivity index (χ1n) is 8.44. The van der Waals surface area contributed by atoms with Crippen molar-refractivity contribution in [2.45, 2.75) is 44.8 Å². The first-order valence-corrected chi connectivity index (χ1v) is 8.44. The van der Waals surface area contributed by atoms with Gasteiger partial charge in [-0.1, -0.05) is 6.07 Å². The monoisotopic (exact) mass is 331 g/mol. The van der Waals surface area contributed by atoms with Gasteiger partial charge in [0.15, 0.2) is 0 Å². The first kappa shape index (κ1) is 16.8. The van der Waals surface area contributed by atoms with Gasteiger partial charge < -0.3 is 20.3 Å². The Bertz CT molecular complexity index is 644. The van der Waals surface area contributed by atoms with Crippen LogP contribution in [0.15, 0.2) is 24.3 Å². The van der Waals surface area contributed by atoms with Gasteiger partial charge in [-0.2, -0.15) is 0 Å². The van der Waals surface area contributed by atoms with E-state index >= 15 is 0 Å². The highest BCUT2D eigenvalue weighted by Gasteiger charge is 2.49. The number of nitrogens with zero attached hydrogens (tertiary/aromatic N) is 1. The Morgan fingerprint density at radius 2 is 2.08 bits per heavy atom. The summed E-state index contributed by atoms with van der Waals surface area (Å²) in [7, 11) is 1.71. The van der Waals surface area contributed by atoms with Crippen LogP contribution in [0.25, 0.3) is 0 Å². The lowest BCUT2D eigenvalue weighted by atomic mass is 9.90. The summed E-state index contributed by atoms with van der Waals surface area (Å²) in [5.41, 5.74) is 1.08. The molecule has 0 aromatic heterocycles. The summed E-state index contributed by atoms with van der Waals surface area (Å²) in [6, 6.07) is 7.00. The van der Waals surface area contributed by atoms with Gasteiger partial charge in [-0.15, -0.1) is 0 Å². The molecule has 1 aliphatic carbocycles. The summed E-state index contributed by atoms with van der Waals surface area (Å²) in [6.45, 7) is 4.26. The van der Waals surface area contributed by atoms with Gasteiger partial charge in [-0.25, -0.2) is 4.79 Å². The summed E-state index contributed by atoms with van der Waals surface area (Å²) in [5, 5.41) is 5.96. The summed E-state index contributed by atoms with van der Waals surface area (Å²) < 4.78 is 5.83. The lowest BCUT2D eigenvalue weighted by Crippen LogP contribution is -2.53. The topological polar surface area (TPSA) is 70.7 Å². The maximum Gasteiger partial charge on any atom is 0.319 e. The van der Waals surface area contributed by atoms with Crippen molar-refractivity contribution < 1.29 is 14.3 Å². The predicted octanol–water partition coefficient (Wildman–Crippen LogP) is 2.75. The standard InChI is InChI=1S/C18H25N3O3/c1-12(22)21(3)15-6-4-5-14(11-15)19-17(23)20-18(2)9-10-24-16(18)13-7-8-13/h4-6,11,13,16H,7-10H2,1-3H3,(H2,19,20,23)/t16-,18+/m1/s1. The molecule has 1 heterocycles. The van der Waals surface area contributed by atoms with E-state index in [0.29, 0.717) is 18.2 Å². The summed E-state index contributed by atoms with van der Waals surface area (Å²) in [6.07, 6.45) is 3.30. The number of carbonyl (C=O) groups excluding carboxylic acids is 2. The summed E-state index contributed by atoms with van der Waals surface area (Å²) in [5.74, 6) is 0.518. The number of ether oxygens (including phenoxy) is 1. The van der Waals surface area contributed by atoms with Crippen LogP contribution < -0.4 is 15.5 Å². The maximum atomic E-state index is 12.4. The van der Waals surface area contributed by atoms with E-state index in [9.17, 15) is 9.59 Å². The van der Waals surface area contributed by atoms with Crippen molar-refractivity contribution in [2.24, 2.45) is 5.92 Å². The van der Waals surface area contributed by atoms with Crippen LogP contribution >= 0.6 is 0 Å². The van der Waals surface area contributed by atoms with E-state index in [4.69, 9.17) is 4.74 Å². The normalized spacial score (nSPS) is 26.0. The van der Waals surface area contributed by atoms with E-state index in [1.54, 1.807) is 18.0 Å². The Hall–Kier alpha value is -2.08. The number of hydrogen-bond acceptors (Lipinski definition) is 3. The van der Waals surface area contributed by atoms with E-state index in [1.807, 2.05) is 18.2 Å². The zero-order valence-electron chi connectivity index (χ0n) is 14.5. The smallest absolute Gasteiger partial charge is 0.319 e. The third-order valence-corrected chi connectivity index (χ3v) is 4.96. The minimum absolute atomic E-state index is 0.0560. The van der Waals surface area contributed by atoms with Gasteiger partial charge in [0, 0.05) is 32.0 Å². The lowest BCUT2D eigenvalue weighted by molar-refractivity contribution is -0.116. The molecule has 6 heteroatoms. The van der Waals surface area contributed by atoms with Gasteiger partial charge in [0.2, 0.25) is 5.91 Å². The molecule has 0 spiro atoms. The predicted molar refractivity (Wildman–Crippen MR) is 93.2 cm³/mol. The molecule has 1 aromatic carbocycles. The zero-order valence-corrected chi connectivity index (χ0v) is 14.5. The van der Waals surface area contributed by atoms with E-state index < -0.39 is 0 Å². The van der Waals surface area contributed by atoms with E-state index in [2.05, 4.69) is 17.6 Å². The third-order valence-electron chi connectivity index (χ3n) is 4.96. The molecule has 6 nitrogen and oxygen atoms in total. The molecule has 130 valence electrons. The zero-order chi connectivity index (χ0) is 17.3. The molecule has 24 heavy (non-hydrogen) atoms. The first-order chi connectivity index (χ1) is 11.4. The van der Waals surface area contributed by atoms with Crippen LogP contribution in [0.2, 0.25) is 0 Å². The number of rotatable bonds is 4. The molecule has 0 radical (unpaired) electrons. The van der Waals surface area contributed by atoms with E-state index in [0.717, 1.165) is 12.1 Å². The number of urea groups is 1. The molecular formula is C18H25N3O3. The van der Waals surface area contributed by atoms with Crippen LogP contribution in [0.4, 0.5) is 16.2 Å². The van der Waals surface area contributed by atoms with Gasteiger partial charge in [-0.3, -0.25) is 4.79 Å². The number of benzene rings is 1. The molecule has 3 rings (SSSR count). The highest BCUT2D eigenvalue weighted by Crippen LogP contribution is 2.43. The maximum absolute atomic E-state index is 12.4. The van der Waals surface area contributed by atoms with Crippen LogP contribution in [0.1, 0.15) is 33.1 Å². The number of nitrogens with one attached hydrogen (secondary N) is 2. The summed E-state index contributed by atoms with van der Waals surface area (Å²) >= 11 is 0. The van der Waals surface area contributed by atoms with E-state index in [-0.39, 0.29) is 23.6 Å². The van der Waals surface area contributed by atoms with Crippen molar-refractivity contribution in [1.29, 1.82) is 0 Å². The molecule has 1 saturated heterocycles. The molecule has 2 atom stereocenters. The van der Waals surface area contributed by atoms with Crippen molar-refractivity contribution in [1.82, 2.24) is 5.32 Å². The van der Waals surface area contributed by atoms with Crippen LogP contribution in [0, 0.1) is 5.92 Å². The molecule has 2 fully saturated rings. The van der Waals surface area contributed by atoms with Crippen molar-refractivity contribution in [3.8, 4) is 0 Å². The molecule has 0 bridgehead atoms. The second-order valence-corrected chi connectivity index (χ2v) is 7.00. The fourth-order valence-corrected chi connectivity index (χ4v) is 3.31. The minimum atomic E-state index is -0.320. The molecule has 0 unspecified atom stereocenters. The number of anilines is 2.